The summed E-state index contributed by atoms with van der Waals surface area (Å²) in [7, 11) is 0. The Morgan fingerprint density at radius 1 is 1.26 bits per heavy atom. The maximum atomic E-state index is 12.6. The average molecular weight is 293 g/mol. The van der Waals surface area contributed by atoms with Crippen LogP contribution in [0.4, 0.5) is 13.2 Å². The maximum absolute atomic E-state index is 12.6. The predicted molar refractivity (Wildman–Crippen MR) is 68.6 cm³/mol. The van der Waals surface area contributed by atoms with E-state index >= 15 is 0 Å². The van der Waals surface area contributed by atoms with E-state index in [0.29, 0.717) is 0 Å². The number of phenols is 1. The second kappa shape index (κ2) is 5.42. The summed E-state index contributed by atoms with van der Waals surface area (Å²) in [6.45, 7) is 5.06. The minimum Gasteiger partial charge on any atom is -0.591 e. The molecule has 0 aliphatic carbocycles. The number of halogens is 3. The first kappa shape index (κ1) is 15.8. The van der Waals surface area contributed by atoms with E-state index in [0.717, 1.165) is 18.3 Å². The first-order chi connectivity index (χ1) is 8.53. The molecule has 0 bridgehead atoms. The summed E-state index contributed by atoms with van der Waals surface area (Å²) in [5.41, 5.74) is -1.26. The van der Waals surface area contributed by atoms with Gasteiger partial charge in [-0.3, -0.25) is 0 Å². The third kappa shape index (κ3) is 4.14. The molecule has 19 heavy (non-hydrogen) atoms. The molecular weight excluding hydrogens is 279 g/mol. The molecule has 0 heterocycles. The molecule has 1 rings (SSSR count). The Morgan fingerprint density at radius 3 is 2.32 bits per heavy atom. The molecule has 1 N–H and O–H groups in total. The third-order valence-corrected chi connectivity index (χ3v) is 3.53. The Balaban J connectivity index is 3.08. The van der Waals surface area contributed by atoms with E-state index in [1.807, 2.05) is 0 Å². The molecule has 0 radical (unpaired) electrons. The van der Waals surface area contributed by atoms with Crippen molar-refractivity contribution in [2.45, 2.75) is 31.7 Å². The van der Waals surface area contributed by atoms with Gasteiger partial charge in [-0.2, -0.15) is 13.2 Å². The van der Waals surface area contributed by atoms with Crippen LogP contribution in [0.25, 0.3) is 0 Å². The van der Waals surface area contributed by atoms with Gasteiger partial charge in [0, 0.05) is 5.56 Å². The standard InChI is InChI=1S/C12H14F3NO2S/c1-11(2,3)19(18)16-7-8-5-4-6-9(10(8)17)12(13,14)15/h4-7,17H,1-3H3. The first-order valence-electron chi connectivity index (χ1n) is 5.38. The fourth-order valence-corrected chi connectivity index (χ4v) is 1.68. The van der Waals surface area contributed by atoms with Crippen LogP contribution >= 0.6 is 0 Å². The van der Waals surface area contributed by atoms with Crippen molar-refractivity contribution in [2.75, 3.05) is 0 Å². The van der Waals surface area contributed by atoms with Gasteiger partial charge in [-0.05, 0) is 32.9 Å². The minimum atomic E-state index is -4.64. The zero-order valence-corrected chi connectivity index (χ0v) is 11.5. The van der Waals surface area contributed by atoms with E-state index in [4.69, 9.17) is 0 Å². The number of para-hydroxylation sites is 1. The lowest BCUT2D eigenvalue weighted by Gasteiger charge is -2.17. The van der Waals surface area contributed by atoms with E-state index in [9.17, 15) is 22.8 Å². The summed E-state index contributed by atoms with van der Waals surface area (Å²) in [6, 6.07) is 3.20. The van der Waals surface area contributed by atoms with Gasteiger partial charge in [0.1, 0.15) is 21.9 Å². The largest absolute Gasteiger partial charge is 0.591 e. The summed E-state index contributed by atoms with van der Waals surface area (Å²) in [4.78, 5) is 0. The van der Waals surface area contributed by atoms with Crippen molar-refractivity contribution < 1.29 is 22.8 Å². The molecule has 0 aliphatic rings. The number of rotatable bonds is 2. The first-order valence-corrected chi connectivity index (χ1v) is 6.49. The lowest BCUT2D eigenvalue weighted by atomic mass is 10.1. The number of benzene rings is 1. The molecule has 7 heteroatoms. The van der Waals surface area contributed by atoms with Gasteiger partial charge in [-0.1, -0.05) is 10.5 Å². The Bertz CT molecular complexity index is 481. The number of nitrogens with zero attached hydrogens (tertiary/aromatic N) is 1. The summed E-state index contributed by atoms with van der Waals surface area (Å²) in [5.74, 6) is -0.912. The quantitative estimate of drug-likeness (QED) is 0.672. The van der Waals surface area contributed by atoms with E-state index in [-0.39, 0.29) is 5.56 Å². The molecule has 106 valence electrons. The normalized spacial score (nSPS) is 14.9. The van der Waals surface area contributed by atoms with Crippen LogP contribution in [0.2, 0.25) is 0 Å². The highest BCUT2D eigenvalue weighted by atomic mass is 32.2. The number of hydrogen-bond acceptors (Lipinski definition) is 3. The van der Waals surface area contributed by atoms with Crippen molar-refractivity contribution in [1.82, 2.24) is 0 Å². The number of hydrogen-bond donors (Lipinski definition) is 1. The fourth-order valence-electron chi connectivity index (χ4n) is 1.16. The van der Waals surface area contributed by atoms with Crippen molar-refractivity contribution in [3.63, 3.8) is 0 Å². The van der Waals surface area contributed by atoms with Crippen LogP contribution < -0.4 is 0 Å². The SMILES string of the molecule is CC(C)(C)[S+]([O-])N=Cc1cccc(C(F)(F)F)c1O. The Kier molecular flexibility index (Phi) is 4.52. The minimum absolute atomic E-state index is 0.118. The lowest BCUT2D eigenvalue weighted by molar-refractivity contribution is -0.138. The highest BCUT2D eigenvalue weighted by Gasteiger charge is 2.34. The molecule has 0 aliphatic heterocycles. The second-order valence-corrected chi connectivity index (χ2v) is 6.77. The summed E-state index contributed by atoms with van der Waals surface area (Å²) in [5, 5.41) is 9.53. The molecule has 0 amide bonds. The van der Waals surface area contributed by atoms with Crippen LogP contribution in [0.5, 0.6) is 5.75 Å². The molecule has 0 fully saturated rings. The lowest BCUT2D eigenvalue weighted by Crippen LogP contribution is -2.25. The van der Waals surface area contributed by atoms with Crippen LogP contribution in [0.3, 0.4) is 0 Å². The van der Waals surface area contributed by atoms with E-state index in [1.54, 1.807) is 20.8 Å². The fraction of sp³-hybridized carbons (Fsp3) is 0.417. The highest BCUT2D eigenvalue weighted by Crippen LogP contribution is 2.36. The Hall–Kier alpha value is -1.21. The molecule has 0 spiro atoms. The van der Waals surface area contributed by atoms with Crippen molar-refractivity contribution in [3.8, 4) is 5.75 Å². The van der Waals surface area contributed by atoms with Crippen LogP contribution in [0.1, 0.15) is 31.9 Å². The van der Waals surface area contributed by atoms with Crippen molar-refractivity contribution in [3.05, 3.63) is 29.3 Å². The van der Waals surface area contributed by atoms with Gasteiger partial charge < -0.3 is 9.66 Å². The van der Waals surface area contributed by atoms with Gasteiger partial charge in [0.15, 0.2) is 0 Å². The smallest absolute Gasteiger partial charge is 0.419 e. The summed E-state index contributed by atoms with van der Waals surface area (Å²) < 4.78 is 52.3. The topological polar surface area (TPSA) is 55.7 Å². The predicted octanol–water partition coefficient (Wildman–Crippen LogP) is 3.29. The van der Waals surface area contributed by atoms with Gasteiger partial charge in [-0.15, -0.1) is 0 Å². The maximum Gasteiger partial charge on any atom is 0.419 e. The van der Waals surface area contributed by atoms with Gasteiger partial charge in [0.05, 0.1) is 11.8 Å². The molecule has 1 aromatic carbocycles. The van der Waals surface area contributed by atoms with Crippen molar-refractivity contribution in [1.29, 1.82) is 0 Å². The second-order valence-electron chi connectivity index (χ2n) is 4.84. The Labute approximate surface area is 112 Å². The monoisotopic (exact) mass is 293 g/mol. The number of aromatic hydroxyl groups is 1. The van der Waals surface area contributed by atoms with Crippen LogP contribution in [-0.2, 0) is 17.5 Å². The molecule has 1 aromatic rings. The summed E-state index contributed by atoms with van der Waals surface area (Å²) in [6.07, 6.45) is -3.65. The molecule has 3 nitrogen and oxygen atoms in total. The van der Waals surface area contributed by atoms with Crippen LogP contribution in [-0.4, -0.2) is 20.6 Å². The van der Waals surface area contributed by atoms with E-state index < -0.39 is 33.6 Å². The number of alkyl halides is 3. The van der Waals surface area contributed by atoms with Crippen molar-refractivity contribution >= 4 is 17.6 Å². The Morgan fingerprint density at radius 2 is 1.84 bits per heavy atom. The van der Waals surface area contributed by atoms with Crippen LogP contribution in [0, 0.1) is 0 Å². The van der Waals surface area contributed by atoms with E-state index in [2.05, 4.69) is 4.40 Å². The van der Waals surface area contributed by atoms with Gasteiger partial charge in [0.2, 0.25) is 0 Å². The highest BCUT2D eigenvalue weighted by molar-refractivity contribution is 7.91. The average Bonchev–Trinajstić information content (AvgIpc) is 2.24. The van der Waals surface area contributed by atoms with Crippen LogP contribution in [0.15, 0.2) is 22.6 Å². The van der Waals surface area contributed by atoms with Gasteiger partial charge in [0.25, 0.3) is 0 Å². The molecule has 1 atom stereocenters. The third-order valence-electron chi connectivity index (χ3n) is 2.18. The zero-order valence-electron chi connectivity index (χ0n) is 10.7. The van der Waals surface area contributed by atoms with E-state index in [1.165, 1.54) is 6.07 Å². The molecule has 0 saturated carbocycles. The number of phenolic OH excluding ortho intramolecular Hbond substituents is 1. The zero-order chi connectivity index (χ0) is 14.8. The van der Waals surface area contributed by atoms with Gasteiger partial charge in [-0.25, -0.2) is 0 Å². The molecule has 0 aromatic heterocycles. The molecule has 0 saturated heterocycles. The van der Waals surface area contributed by atoms with Gasteiger partial charge >= 0.3 is 6.18 Å². The van der Waals surface area contributed by atoms with Crippen molar-refractivity contribution in [2.24, 2.45) is 4.40 Å². The summed E-state index contributed by atoms with van der Waals surface area (Å²) >= 11 is -1.60. The molecular formula is C12H14F3NO2S. The molecule has 1 unspecified atom stereocenters.